The Bertz CT molecular complexity index is 366. The molecule has 1 aromatic carbocycles. The van der Waals surface area contributed by atoms with Crippen molar-refractivity contribution in [1.82, 2.24) is 0 Å². The molecular formula is C11H12BrFO2. The highest BCUT2D eigenvalue weighted by molar-refractivity contribution is 9.09. The van der Waals surface area contributed by atoms with E-state index in [4.69, 9.17) is 4.74 Å². The summed E-state index contributed by atoms with van der Waals surface area (Å²) >= 11 is 3.19. The van der Waals surface area contributed by atoms with Crippen molar-refractivity contribution in [2.45, 2.75) is 18.7 Å². The van der Waals surface area contributed by atoms with Crippen LogP contribution in [0.2, 0.25) is 0 Å². The second-order valence-corrected chi connectivity index (χ2v) is 4.01. The zero-order chi connectivity index (χ0) is 11.4. The lowest BCUT2D eigenvalue weighted by Gasteiger charge is -2.09. The van der Waals surface area contributed by atoms with Crippen molar-refractivity contribution >= 4 is 21.7 Å². The third kappa shape index (κ3) is 3.02. The van der Waals surface area contributed by atoms with Gasteiger partial charge in [0.25, 0.3) is 0 Å². The third-order valence-corrected chi connectivity index (χ3v) is 3.08. The van der Waals surface area contributed by atoms with Crippen molar-refractivity contribution in [3.05, 3.63) is 29.6 Å². The standard InChI is InChI=1S/C11H12BrFO2/c1-3-15-10-5-4-8(6-9(10)13)11(12)7(2)14/h4-6,11H,3H2,1-2H3. The first kappa shape index (κ1) is 12.2. The minimum Gasteiger partial charge on any atom is -0.491 e. The number of hydrogen-bond acceptors (Lipinski definition) is 2. The number of Topliss-reactive ketones (excluding diaryl/α,β-unsaturated/α-hetero) is 1. The minimum atomic E-state index is -0.456. The lowest BCUT2D eigenvalue weighted by atomic mass is 10.1. The summed E-state index contributed by atoms with van der Waals surface area (Å²) in [6, 6.07) is 4.52. The summed E-state index contributed by atoms with van der Waals surface area (Å²) in [5, 5.41) is 0. The number of hydrogen-bond donors (Lipinski definition) is 0. The zero-order valence-corrected chi connectivity index (χ0v) is 10.2. The zero-order valence-electron chi connectivity index (χ0n) is 8.59. The molecule has 0 amide bonds. The highest BCUT2D eigenvalue weighted by Crippen LogP contribution is 2.27. The van der Waals surface area contributed by atoms with Crippen molar-refractivity contribution in [2.75, 3.05) is 6.61 Å². The fourth-order valence-corrected chi connectivity index (χ4v) is 1.47. The van der Waals surface area contributed by atoms with E-state index in [-0.39, 0.29) is 11.5 Å². The van der Waals surface area contributed by atoms with Crippen LogP contribution in [-0.4, -0.2) is 12.4 Å². The van der Waals surface area contributed by atoms with Crippen LogP contribution >= 0.6 is 15.9 Å². The minimum absolute atomic E-state index is 0.0569. The van der Waals surface area contributed by atoms with Crippen molar-refractivity contribution in [3.8, 4) is 5.75 Å². The molecule has 0 radical (unpaired) electrons. The maximum absolute atomic E-state index is 13.4. The Morgan fingerprint density at radius 2 is 2.27 bits per heavy atom. The van der Waals surface area contributed by atoms with Crippen molar-refractivity contribution < 1.29 is 13.9 Å². The molecule has 82 valence electrons. The molecule has 0 fully saturated rings. The molecule has 0 bridgehead atoms. The Morgan fingerprint density at radius 1 is 1.60 bits per heavy atom. The predicted octanol–water partition coefficient (Wildman–Crippen LogP) is 3.25. The van der Waals surface area contributed by atoms with Crippen LogP contribution in [0, 0.1) is 5.82 Å². The van der Waals surface area contributed by atoms with Gasteiger partial charge in [-0.1, -0.05) is 22.0 Å². The smallest absolute Gasteiger partial charge is 0.165 e. The average molecular weight is 275 g/mol. The summed E-state index contributed by atoms with van der Waals surface area (Å²) < 4.78 is 18.5. The second-order valence-electron chi connectivity index (χ2n) is 3.10. The molecule has 1 aromatic rings. The Hall–Kier alpha value is -0.900. The lowest BCUT2D eigenvalue weighted by Crippen LogP contribution is -2.02. The van der Waals surface area contributed by atoms with Gasteiger partial charge in [0.05, 0.1) is 11.4 Å². The molecule has 15 heavy (non-hydrogen) atoms. The largest absolute Gasteiger partial charge is 0.491 e. The molecule has 1 unspecified atom stereocenters. The molecule has 0 heterocycles. The van der Waals surface area contributed by atoms with Crippen LogP contribution < -0.4 is 4.74 Å². The van der Waals surface area contributed by atoms with E-state index in [1.54, 1.807) is 13.0 Å². The highest BCUT2D eigenvalue weighted by atomic mass is 79.9. The van der Waals surface area contributed by atoms with E-state index in [0.717, 1.165) is 0 Å². The Morgan fingerprint density at radius 3 is 2.73 bits per heavy atom. The Kier molecular flexibility index (Phi) is 4.27. The quantitative estimate of drug-likeness (QED) is 0.788. The van der Waals surface area contributed by atoms with Gasteiger partial charge >= 0.3 is 0 Å². The van der Waals surface area contributed by atoms with Gasteiger partial charge in [0.15, 0.2) is 11.6 Å². The highest BCUT2D eigenvalue weighted by Gasteiger charge is 2.14. The molecule has 2 nitrogen and oxygen atoms in total. The van der Waals surface area contributed by atoms with Gasteiger partial charge < -0.3 is 4.74 Å². The van der Waals surface area contributed by atoms with Crippen LogP contribution in [0.25, 0.3) is 0 Å². The first-order valence-corrected chi connectivity index (χ1v) is 5.54. The number of alkyl halides is 1. The average Bonchev–Trinajstić information content (AvgIpc) is 2.20. The van der Waals surface area contributed by atoms with Crippen molar-refractivity contribution in [1.29, 1.82) is 0 Å². The van der Waals surface area contributed by atoms with Gasteiger partial charge in [-0.05, 0) is 31.5 Å². The SMILES string of the molecule is CCOc1ccc(C(Br)C(C)=O)cc1F. The van der Waals surface area contributed by atoms with Gasteiger partial charge in [0, 0.05) is 0 Å². The van der Waals surface area contributed by atoms with Crippen LogP contribution in [0.3, 0.4) is 0 Å². The van der Waals surface area contributed by atoms with Crippen LogP contribution in [-0.2, 0) is 4.79 Å². The normalized spacial score (nSPS) is 12.3. The van der Waals surface area contributed by atoms with Crippen molar-refractivity contribution in [3.63, 3.8) is 0 Å². The summed E-state index contributed by atoms with van der Waals surface area (Å²) in [5.41, 5.74) is 0.600. The van der Waals surface area contributed by atoms with E-state index in [2.05, 4.69) is 15.9 Å². The Balaban J connectivity index is 2.95. The lowest BCUT2D eigenvalue weighted by molar-refractivity contribution is -0.116. The van der Waals surface area contributed by atoms with E-state index >= 15 is 0 Å². The summed E-state index contributed by atoms with van der Waals surface area (Å²) in [4.78, 5) is 10.6. The summed E-state index contributed by atoms with van der Waals surface area (Å²) in [5.74, 6) is -0.289. The van der Waals surface area contributed by atoms with Crippen LogP contribution in [0.5, 0.6) is 5.75 Å². The fourth-order valence-electron chi connectivity index (χ4n) is 1.18. The van der Waals surface area contributed by atoms with Gasteiger partial charge in [-0.3, -0.25) is 4.79 Å². The van der Waals surface area contributed by atoms with E-state index in [1.807, 2.05) is 0 Å². The molecular weight excluding hydrogens is 263 g/mol. The first-order chi connectivity index (χ1) is 7.06. The predicted molar refractivity (Wildman–Crippen MR) is 59.9 cm³/mol. The van der Waals surface area contributed by atoms with E-state index in [0.29, 0.717) is 12.2 Å². The number of benzene rings is 1. The number of ether oxygens (including phenoxy) is 1. The number of halogens is 2. The van der Waals surface area contributed by atoms with E-state index in [1.165, 1.54) is 19.1 Å². The number of rotatable bonds is 4. The topological polar surface area (TPSA) is 26.3 Å². The van der Waals surface area contributed by atoms with Gasteiger partial charge in [0.1, 0.15) is 5.78 Å². The Labute approximate surface area is 96.6 Å². The third-order valence-electron chi connectivity index (χ3n) is 1.91. The van der Waals surface area contributed by atoms with Gasteiger partial charge in [0.2, 0.25) is 0 Å². The molecule has 4 heteroatoms. The van der Waals surface area contributed by atoms with Crippen LogP contribution in [0.4, 0.5) is 4.39 Å². The number of carbonyl (C=O) groups excluding carboxylic acids is 1. The summed E-state index contributed by atoms with van der Waals surface area (Å²) in [7, 11) is 0. The maximum Gasteiger partial charge on any atom is 0.165 e. The van der Waals surface area contributed by atoms with Crippen LogP contribution in [0.15, 0.2) is 18.2 Å². The van der Waals surface area contributed by atoms with Crippen molar-refractivity contribution in [2.24, 2.45) is 0 Å². The van der Waals surface area contributed by atoms with Gasteiger partial charge in [-0.25, -0.2) is 4.39 Å². The van der Waals surface area contributed by atoms with Gasteiger partial charge in [-0.2, -0.15) is 0 Å². The molecule has 0 aliphatic heterocycles. The summed E-state index contributed by atoms with van der Waals surface area (Å²) in [6.45, 7) is 3.66. The second kappa shape index (κ2) is 5.26. The molecule has 0 N–H and O–H groups in total. The summed E-state index contributed by atoms with van der Waals surface area (Å²) in [6.07, 6.45) is 0. The molecule has 0 aliphatic carbocycles. The molecule has 0 saturated heterocycles. The molecule has 0 spiro atoms. The van der Waals surface area contributed by atoms with Gasteiger partial charge in [-0.15, -0.1) is 0 Å². The molecule has 1 rings (SSSR count). The fraction of sp³-hybridized carbons (Fsp3) is 0.364. The monoisotopic (exact) mass is 274 g/mol. The molecule has 1 atom stereocenters. The maximum atomic E-state index is 13.4. The molecule has 0 aliphatic rings. The van der Waals surface area contributed by atoms with E-state index < -0.39 is 10.6 Å². The number of ketones is 1. The number of carbonyl (C=O) groups is 1. The molecule has 0 aromatic heterocycles. The first-order valence-electron chi connectivity index (χ1n) is 4.63. The van der Waals surface area contributed by atoms with Crippen LogP contribution in [0.1, 0.15) is 24.2 Å². The van der Waals surface area contributed by atoms with E-state index in [9.17, 15) is 9.18 Å². The molecule has 0 saturated carbocycles.